The maximum atomic E-state index is 14.2. The summed E-state index contributed by atoms with van der Waals surface area (Å²) in [5.74, 6) is 6.34. The van der Waals surface area contributed by atoms with Crippen LogP contribution in [-0.4, -0.2) is 23.2 Å². The molecular formula is C46H38F2GeIrN2O-2. The van der Waals surface area contributed by atoms with Crippen molar-refractivity contribution < 1.29 is 33.3 Å². The summed E-state index contributed by atoms with van der Waals surface area (Å²) in [5.41, 5.74) is 9.51. The zero-order valence-electron chi connectivity index (χ0n) is 30.2. The Bertz CT molecular complexity index is 2490. The zero-order valence-corrected chi connectivity index (χ0v) is 34.7. The Morgan fingerprint density at radius 1 is 0.698 bits per heavy atom. The first-order valence-electron chi connectivity index (χ1n) is 17.4. The van der Waals surface area contributed by atoms with E-state index in [-0.39, 0.29) is 20.1 Å². The Morgan fingerprint density at radius 3 is 2.17 bits per heavy atom. The van der Waals surface area contributed by atoms with Crippen LogP contribution in [0.4, 0.5) is 8.78 Å². The van der Waals surface area contributed by atoms with Crippen LogP contribution >= 0.6 is 0 Å². The molecule has 1 radical (unpaired) electrons. The molecule has 0 atom stereocenters. The molecule has 8 rings (SSSR count). The Balaban J connectivity index is 0.000000187. The van der Waals surface area contributed by atoms with E-state index in [0.717, 1.165) is 39.4 Å². The maximum Gasteiger partial charge on any atom is 0 e. The summed E-state index contributed by atoms with van der Waals surface area (Å²) in [6.45, 7) is 4.28. The molecular weight excluding hydrogens is 899 g/mol. The predicted octanol–water partition coefficient (Wildman–Crippen LogP) is 12.3. The standard InChI is InChI=1S/C26H18F2NO.C20H20GeN.Ir/c1-15(2)16-10-11-29-24(12-16)22-5-3-4-21-20-8-6-17(13-25(20)30-26(21)22)19-9-7-18(27)14-23(19)28;1-21(2,3)19-13-14-20(22-15-19)18-11-9-17(10-12-18)16-7-5-4-6-8-16;/h3-4,6-15H,1-2H3;4-11,13-15H,1-3H3;/q2*-1;. The third-order valence-electron chi connectivity index (χ3n) is 9.21. The molecule has 0 aliphatic heterocycles. The first kappa shape index (κ1) is 38.0. The second kappa shape index (κ2) is 16.1. The first-order chi connectivity index (χ1) is 25.0. The van der Waals surface area contributed by atoms with Crippen LogP contribution in [0.3, 0.4) is 0 Å². The van der Waals surface area contributed by atoms with Crippen molar-refractivity contribution in [1.82, 2.24) is 9.97 Å². The number of halogens is 2. The molecule has 0 fully saturated rings. The van der Waals surface area contributed by atoms with Crippen molar-refractivity contribution in [3.05, 3.63) is 163 Å². The minimum atomic E-state index is -1.78. The molecule has 0 spiro atoms. The molecule has 3 aromatic heterocycles. The number of pyridine rings is 2. The van der Waals surface area contributed by atoms with Gasteiger partial charge in [-0.15, -0.1) is 18.2 Å². The van der Waals surface area contributed by atoms with Gasteiger partial charge in [-0.3, -0.25) is 0 Å². The summed E-state index contributed by atoms with van der Waals surface area (Å²) in [7, 11) is 0. The summed E-state index contributed by atoms with van der Waals surface area (Å²) >= 11 is -1.78. The van der Waals surface area contributed by atoms with E-state index in [4.69, 9.17) is 4.42 Å². The number of nitrogens with zero attached hydrogens (tertiary/aromatic N) is 2. The molecule has 5 aromatic carbocycles. The summed E-state index contributed by atoms with van der Waals surface area (Å²) in [6, 6.07) is 44.6. The van der Waals surface area contributed by atoms with E-state index in [9.17, 15) is 8.78 Å². The smallest absolute Gasteiger partial charge is 0 e. The van der Waals surface area contributed by atoms with Crippen LogP contribution in [0.2, 0.25) is 17.3 Å². The average molecular weight is 938 g/mol. The second-order valence-corrected chi connectivity index (χ2v) is 24.9. The summed E-state index contributed by atoms with van der Waals surface area (Å²) in [5, 5.41) is 1.87. The zero-order chi connectivity index (χ0) is 36.4. The van der Waals surface area contributed by atoms with Crippen molar-refractivity contribution in [3.63, 3.8) is 0 Å². The second-order valence-electron chi connectivity index (χ2n) is 14.2. The van der Waals surface area contributed by atoms with Crippen molar-refractivity contribution in [1.29, 1.82) is 0 Å². The quantitative estimate of drug-likeness (QED) is 0.123. The van der Waals surface area contributed by atoms with Gasteiger partial charge < -0.3 is 9.40 Å². The van der Waals surface area contributed by atoms with Crippen LogP contribution in [0.5, 0.6) is 0 Å². The number of furan rings is 1. The largest absolute Gasteiger partial charge is 0 e. The Hall–Kier alpha value is -4.75. The Morgan fingerprint density at radius 2 is 1.49 bits per heavy atom. The van der Waals surface area contributed by atoms with Crippen LogP contribution in [0.15, 0.2) is 138 Å². The molecule has 0 saturated heterocycles. The molecule has 7 heteroatoms. The van der Waals surface area contributed by atoms with Gasteiger partial charge in [0.15, 0.2) is 0 Å². The van der Waals surface area contributed by atoms with Crippen LogP contribution in [0.25, 0.3) is 66.7 Å². The summed E-state index contributed by atoms with van der Waals surface area (Å²) < 4.78 is 35.1. The molecule has 0 bridgehead atoms. The molecule has 0 aliphatic carbocycles. The van der Waals surface area contributed by atoms with Crippen molar-refractivity contribution in [2.45, 2.75) is 37.0 Å². The predicted molar refractivity (Wildman–Crippen MR) is 212 cm³/mol. The number of hydrogen-bond acceptors (Lipinski definition) is 3. The molecule has 0 saturated carbocycles. The number of aromatic nitrogens is 2. The molecule has 0 N–H and O–H groups in total. The van der Waals surface area contributed by atoms with Crippen molar-refractivity contribution in [3.8, 4) is 44.8 Å². The minimum absolute atomic E-state index is 0. The number of benzene rings is 5. The molecule has 53 heavy (non-hydrogen) atoms. The van der Waals surface area contributed by atoms with E-state index in [0.29, 0.717) is 28.2 Å². The SMILES string of the molecule is CC(C)c1ccnc(-c2[c-]ccc3c2oc2cc(-c4ccc(F)cc4F)ccc23)c1.[CH3][Ge]([CH3])([CH3])[c]1ccc(-c2[c-]cc(-c3ccccc3)cc2)nc1.[Ir]. The van der Waals surface area contributed by atoms with Crippen molar-refractivity contribution in [2.75, 3.05) is 0 Å². The molecule has 267 valence electrons. The monoisotopic (exact) mass is 939 g/mol. The minimum Gasteiger partial charge on any atom is 0 e. The van der Waals surface area contributed by atoms with E-state index in [2.05, 4.69) is 108 Å². The van der Waals surface area contributed by atoms with Gasteiger partial charge in [0.25, 0.3) is 0 Å². The van der Waals surface area contributed by atoms with Crippen LogP contribution in [-0.2, 0) is 20.1 Å². The van der Waals surface area contributed by atoms with E-state index in [1.54, 1.807) is 12.3 Å². The van der Waals surface area contributed by atoms with E-state index < -0.39 is 24.9 Å². The number of rotatable bonds is 6. The van der Waals surface area contributed by atoms with Gasteiger partial charge in [0.05, 0.1) is 5.58 Å². The molecule has 0 aliphatic rings. The molecule has 0 unspecified atom stereocenters. The van der Waals surface area contributed by atoms with Gasteiger partial charge in [-0.05, 0) is 41.4 Å². The van der Waals surface area contributed by atoms with Gasteiger partial charge >= 0.3 is 135 Å². The summed E-state index contributed by atoms with van der Waals surface area (Å²) in [4.78, 5) is 9.15. The fourth-order valence-corrected chi connectivity index (χ4v) is 8.33. The number of hydrogen-bond donors (Lipinski definition) is 0. The normalized spacial score (nSPS) is 11.3. The Labute approximate surface area is 325 Å². The Kier molecular flexibility index (Phi) is 11.5. The van der Waals surface area contributed by atoms with Crippen LogP contribution in [0, 0.1) is 23.8 Å². The van der Waals surface area contributed by atoms with Crippen molar-refractivity contribution in [2.24, 2.45) is 0 Å². The fraction of sp³-hybridized carbons (Fsp3) is 0.130. The topological polar surface area (TPSA) is 38.9 Å². The van der Waals surface area contributed by atoms with Crippen LogP contribution < -0.4 is 4.40 Å². The van der Waals surface area contributed by atoms with Gasteiger partial charge in [-0.25, -0.2) is 8.78 Å². The molecule has 3 nitrogen and oxygen atoms in total. The van der Waals surface area contributed by atoms with Gasteiger partial charge in [-0.1, -0.05) is 48.6 Å². The summed E-state index contributed by atoms with van der Waals surface area (Å²) in [6.07, 6.45) is 3.85. The first-order valence-corrected chi connectivity index (χ1v) is 24.7. The van der Waals surface area contributed by atoms with Gasteiger partial charge in [0, 0.05) is 43.3 Å². The third kappa shape index (κ3) is 8.41. The fourth-order valence-electron chi connectivity index (χ4n) is 6.16. The van der Waals surface area contributed by atoms with Gasteiger partial charge in [-0.2, -0.15) is 0 Å². The molecule has 0 amide bonds. The van der Waals surface area contributed by atoms with Gasteiger partial charge in [0.2, 0.25) is 0 Å². The maximum absolute atomic E-state index is 14.2. The van der Waals surface area contributed by atoms with E-state index in [1.807, 2.05) is 48.7 Å². The van der Waals surface area contributed by atoms with E-state index >= 15 is 0 Å². The van der Waals surface area contributed by atoms with Gasteiger partial charge in [0.1, 0.15) is 17.2 Å². The number of fused-ring (bicyclic) bond motifs is 3. The molecule has 8 aromatic rings. The average Bonchev–Trinajstić information content (AvgIpc) is 3.53. The molecule has 3 heterocycles. The van der Waals surface area contributed by atoms with Crippen LogP contribution in [0.1, 0.15) is 25.3 Å². The third-order valence-corrected chi connectivity index (χ3v) is 13.5. The van der Waals surface area contributed by atoms with E-state index in [1.165, 1.54) is 33.2 Å². The van der Waals surface area contributed by atoms with Crippen molar-refractivity contribution >= 4 is 39.6 Å².